The molecule has 18 heavy (non-hydrogen) atoms. The Balaban J connectivity index is 2.43. The van der Waals surface area contributed by atoms with Crippen molar-refractivity contribution in [2.24, 2.45) is 0 Å². The zero-order valence-electron chi connectivity index (χ0n) is 11.9. The summed E-state index contributed by atoms with van der Waals surface area (Å²) in [7, 11) is 0. The van der Waals surface area contributed by atoms with Crippen molar-refractivity contribution in [1.29, 1.82) is 0 Å². The Morgan fingerprint density at radius 3 is 3.00 bits per heavy atom. The normalized spacial score (nSPS) is 12.7. The van der Waals surface area contributed by atoms with Crippen LogP contribution >= 0.6 is 11.8 Å². The highest BCUT2D eigenvalue weighted by Crippen LogP contribution is 2.14. The second-order valence-electron chi connectivity index (χ2n) is 4.38. The van der Waals surface area contributed by atoms with E-state index >= 15 is 0 Å². The zero-order valence-corrected chi connectivity index (χ0v) is 12.7. The van der Waals surface area contributed by atoms with Gasteiger partial charge in [-0.3, -0.25) is 0 Å². The lowest BCUT2D eigenvalue weighted by molar-refractivity contribution is 0.147. The summed E-state index contributed by atoms with van der Waals surface area (Å²) in [4.78, 5) is 4.52. The summed E-state index contributed by atoms with van der Waals surface area (Å²) in [6.07, 6.45) is 5.26. The van der Waals surface area contributed by atoms with Crippen LogP contribution in [0.5, 0.6) is 0 Å². The van der Waals surface area contributed by atoms with Gasteiger partial charge in [0, 0.05) is 37.8 Å². The molecule has 0 saturated heterocycles. The smallest absolute Gasteiger partial charge is 0.203 e. The van der Waals surface area contributed by atoms with E-state index in [2.05, 4.69) is 34.2 Å². The topological polar surface area (TPSA) is 39.1 Å². The molecule has 0 aliphatic carbocycles. The maximum atomic E-state index is 5.32. The van der Waals surface area contributed by atoms with Crippen molar-refractivity contribution in [2.75, 3.05) is 31.3 Å². The van der Waals surface area contributed by atoms with E-state index in [0.717, 1.165) is 44.4 Å². The van der Waals surface area contributed by atoms with Gasteiger partial charge in [0.15, 0.2) is 0 Å². The third-order valence-corrected chi connectivity index (χ3v) is 3.66. The first-order valence-corrected chi connectivity index (χ1v) is 7.84. The van der Waals surface area contributed by atoms with E-state index in [-0.39, 0.29) is 0 Å². The molecule has 0 bridgehead atoms. The number of imidazole rings is 1. The van der Waals surface area contributed by atoms with Crippen LogP contribution in [-0.2, 0) is 11.3 Å². The minimum absolute atomic E-state index is 0.600. The van der Waals surface area contributed by atoms with Crippen molar-refractivity contribution in [3.63, 3.8) is 0 Å². The monoisotopic (exact) mass is 271 g/mol. The summed E-state index contributed by atoms with van der Waals surface area (Å²) < 4.78 is 7.52. The average molecular weight is 271 g/mol. The van der Waals surface area contributed by atoms with Crippen molar-refractivity contribution in [2.45, 2.75) is 39.0 Å². The number of anilines is 1. The number of hydrogen-bond acceptors (Lipinski definition) is 4. The number of ether oxygens (including phenoxy) is 1. The van der Waals surface area contributed by atoms with E-state index < -0.39 is 0 Å². The Hall–Kier alpha value is -0.680. The lowest BCUT2D eigenvalue weighted by atomic mass is 10.4. The molecule has 1 aromatic heterocycles. The van der Waals surface area contributed by atoms with E-state index in [1.54, 1.807) is 0 Å². The molecular weight excluding hydrogens is 246 g/mol. The molecule has 1 N–H and O–H groups in total. The molecule has 0 aliphatic heterocycles. The van der Waals surface area contributed by atoms with Gasteiger partial charge >= 0.3 is 0 Å². The Morgan fingerprint density at radius 1 is 1.56 bits per heavy atom. The molecule has 5 heteroatoms. The van der Waals surface area contributed by atoms with Crippen LogP contribution in [0.3, 0.4) is 0 Å². The van der Waals surface area contributed by atoms with Crippen molar-refractivity contribution in [1.82, 2.24) is 9.55 Å². The minimum atomic E-state index is 0.600. The Kier molecular flexibility index (Phi) is 7.20. The van der Waals surface area contributed by atoms with Crippen LogP contribution in [0.2, 0.25) is 0 Å². The van der Waals surface area contributed by atoms with Gasteiger partial charge in [-0.15, -0.1) is 0 Å². The molecule has 4 nitrogen and oxygen atoms in total. The first-order valence-electron chi connectivity index (χ1n) is 6.55. The maximum Gasteiger partial charge on any atom is 0.203 e. The number of nitrogens with zero attached hydrogens (tertiary/aromatic N) is 2. The molecule has 1 aromatic rings. The molecular formula is C13H25N3OS. The number of rotatable bonds is 9. The highest BCUT2D eigenvalue weighted by molar-refractivity contribution is 7.99. The van der Waals surface area contributed by atoms with Crippen LogP contribution in [0.25, 0.3) is 0 Å². The zero-order chi connectivity index (χ0) is 13.4. The van der Waals surface area contributed by atoms with E-state index in [9.17, 15) is 0 Å². The Labute approximate surface area is 115 Å². The van der Waals surface area contributed by atoms with Crippen molar-refractivity contribution in [3.8, 4) is 0 Å². The largest absolute Gasteiger partial charge is 0.382 e. The second-order valence-corrected chi connectivity index (χ2v) is 5.66. The fourth-order valence-corrected chi connectivity index (χ4v) is 2.01. The number of hydrogen-bond donors (Lipinski definition) is 1. The van der Waals surface area contributed by atoms with Crippen molar-refractivity contribution in [3.05, 3.63) is 11.9 Å². The van der Waals surface area contributed by atoms with E-state index in [0.29, 0.717) is 5.25 Å². The SMILES string of the molecule is CCOCCCNc1nc(C)cn1CC(C)SC. The summed E-state index contributed by atoms with van der Waals surface area (Å²) in [6, 6.07) is 0. The van der Waals surface area contributed by atoms with Gasteiger partial charge in [-0.1, -0.05) is 6.92 Å². The van der Waals surface area contributed by atoms with E-state index in [1.807, 2.05) is 25.6 Å². The van der Waals surface area contributed by atoms with Gasteiger partial charge in [-0.2, -0.15) is 11.8 Å². The molecule has 1 unspecified atom stereocenters. The van der Waals surface area contributed by atoms with Gasteiger partial charge in [0.2, 0.25) is 5.95 Å². The molecule has 0 radical (unpaired) electrons. The molecule has 0 aromatic carbocycles. The van der Waals surface area contributed by atoms with Crippen LogP contribution in [0.15, 0.2) is 6.20 Å². The van der Waals surface area contributed by atoms with Gasteiger partial charge in [0.1, 0.15) is 0 Å². The number of nitrogens with one attached hydrogen (secondary N) is 1. The van der Waals surface area contributed by atoms with Gasteiger partial charge in [0.05, 0.1) is 5.69 Å². The first kappa shape index (κ1) is 15.4. The summed E-state index contributed by atoms with van der Waals surface area (Å²) >= 11 is 1.88. The van der Waals surface area contributed by atoms with Crippen LogP contribution < -0.4 is 5.32 Å². The fraction of sp³-hybridized carbons (Fsp3) is 0.769. The molecule has 1 heterocycles. The van der Waals surface area contributed by atoms with Crippen molar-refractivity contribution < 1.29 is 4.74 Å². The molecule has 0 aliphatic rings. The molecule has 0 fully saturated rings. The Morgan fingerprint density at radius 2 is 2.33 bits per heavy atom. The summed E-state index contributed by atoms with van der Waals surface area (Å²) in [5.74, 6) is 0.977. The molecule has 1 rings (SSSR count). The predicted octanol–water partition coefficient (Wildman–Crippen LogP) is 2.78. The third-order valence-electron chi connectivity index (χ3n) is 2.71. The number of thioether (sulfide) groups is 1. The number of aryl methyl sites for hydroxylation is 1. The standard InChI is InChI=1S/C13H25N3OS/c1-5-17-8-6-7-14-13-15-11(2)9-16(13)10-12(3)18-4/h9,12H,5-8,10H2,1-4H3,(H,14,15). The maximum absolute atomic E-state index is 5.32. The summed E-state index contributed by atoms with van der Waals surface area (Å²) in [5, 5.41) is 3.98. The summed E-state index contributed by atoms with van der Waals surface area (Å²) in [6.45, 7) is 9.79. The van der Waals surface area contributed by atoms with Crippen LogP contribution in [-0.4, -0.2) is 40.8 Å². The van der Waals surface area contributed by atoms with Crippen molar-refractivity contribution >= 4 is 17.7 Å². The fourth-order valence-electron chi connectivity index (χ4n) is 1.70. The highest BCUT2D eigenvalue weighted by Gasteiger charge is 2.08. The average Bonchev–Trinajstić information content (AvgIpc) is 2.69. The van der Waals surface area contributed by atoms with E-state index in [4.69, 9.17) is 4.74 Å². The molecule has 104 valence electrons. The van der Waals surface area contributed by atoms with E-state index in [1.165, 1.54) is 0 Å². The third kappa shape index (κ3) is 5.31. The quantitative estimate of drug-likeness (QED) is 0.701. The molecule has 0 amide bonds. The van der Waals surface area contributed by atoms with Crippen LogP contribution in [0.1, 0.15) is 26.0 Å². The second kappa shape index (κ2) is 8.43. The van der Waals surface area contributed by atoms with Crippen LogP contribution in [0.4, 0.5) is 5.95 Å². The van der Waals surface area contributed by atoms with Gasteiger partial charge in [0.25, 0.3) is 0 Å². The van der Waals surface area contributed by atoms with Crippen LogP contribution in [0, 0.1) is 6.92 Å². The first-order chi connectivity index (χ1) is 8.67. The summed E-state index contributed by atoms with van der Waals surface area (Å²) in [5.41, 5.74) is 1.07. The van der Waals surface area contributed by atoms with Gasteiger partial charge in [-0.05, 0) is 26.5 Å². The van der Waals surface area contributed by atoms with Gasteiger partial charge < -0.3 is 14.6 Å². The molecule has 1 atom stereocenters. The lowest BCUT2D eigenvalue weighted by Crippen LogP contribution is -2.14. The molecule has 0 spiro atoms. The highest BCUT2D eigenvalue weighted by atomic mass is 32.2. The minimum Gasteiger partial charge on any atom is -0.382 e. The predicted molar refractivity (Wildman–Crippen MR) is 79.5 cm³/mol. The number of aromatic nitrogens is 2. The lowest BCUT2D eigenvalue weighted by Gasteiger charge is -2.13. The Bertz CT molecular complexity index is 341. The molecule has 0 saturated carbocycles. The van der Waals surface area contributed by atoms with Gasteiger partial charge in [-0.25, -0.2) is 4.98 Å².